The fourth-order valence-electron chi connectivity index (χ4n) is 6.82. The van der Waals surface area contributed by atoms with Crippen LogP contribution in [0.3, 0.4) is 0 Å². The zero-order chi connectivity index (χ0) is 23.6. The smallest absolute Gasteiger partial charge is 0.0802 e. The minimum Gasteiger partial charge on any atom is -0.388 e. The van der Waals surface area contributed by atoms with Crippen LogP contribution >= 0.6 is 11.8 Å². The van der Waals surface area contributed by atoms with E-state index in [0.717, 1.165) is 25.1 Å². The molecule has 2 aliphatic rings. The summed E-state index contributed by atoms with van der Waals surface area (Å²) in [7, 11) is 0. The van der Waals surface area contributed by atoms with Crippen LogP contribution in [0.5, 0.6) is 0 Å². The van der Waals surface area contributed by atoms with Gasteiger partial charge in [0.05, 0.1) is 6.10 Å². The standard InChI is InChI=1S/C30H43NOS/c1-21(2)23-9-13-26-24(19-23)10-14-28-29(3,16-6-17-30(26,28)4)20-31-18-15-27(32)22-7-11-25(33-5)12-8-22/h7-9,11-13,19,21,27-28,31-32H,6,10,14-18,20H2,1-5H3/t27?,28-,29-,30+/m0/s1. The van der Waals surface area contributed by atoms with Gasteiger partial charge in [0, 0.05) is 11.4 Å². The van der Waals surface area contributed by atoms with Gasteiger partial charge in [-0.15, -0.1) is 11.8 Å². The number of thioether (sulfide) groups is 1. The molecule has 0 heterocycles. The van der Waals surface area contributed by atoms with Crippen LogP contribution in [0.25, 0.3) is 0 Å². The molecule has 33 heavy (non-hydrogen) atoms. The lowest BCUT2D eigenvalue weighted by molar-refractivity contribution is 0.0252. The van der Waals surface area contributed by atoms with Gasteiger partial charge in [-0.3, -0.25) is 0 Å². The van der Waals surface area contributed by atoms with Crippen LogP contribution in [-0.2, 0) is 11.8 Å². The normalized spacial score (nSPS) is 27.8. The van der Waals surface area contributed by atoms with E-state index < -0.39 is 6.10 Å². The number of fused-ring (bicyclic) bond motifs is 3. The van der Waals surface area contributed by atoms with E-state index in [4.69, 9.17) is 0 Å². The molecular formula is C30H43NOS. The summed E-state index contributed by atoms with van der Waals surface area (Å²) in [4.78, 5) is 1.24. The third kappa shape index (κ3) is 5.06. The molecule has 0 aliphatic heterocycles. The molecule has 2 aromatic rings. The molecule has 0 spiro atoms. The second-order valence-corrected chi connectivity index (χ2v) is 12.2. The number of nitrogens with one attached hydrogen (secondary N) is 1. The Morgan fingerprint density at radius 2 is 1.79 bits per heavy atom. The van der Waals surface area contributed by atoms with Gasteiger partial charge >= 0.3 is 0 Å². The number of hydrogen-bond acceptors (Lipinski definition) is 3. The predicted octanol–water partition coefficient (Wildman–Crippen LogP) is 7.26. The first-order chi connectivity index (χ1) is 15.8. The maximum absolute atomic E-state index is 10.6. The van der Waals surface area contributed by atoms with Gasteiger partial charge in [-0.1, -0.05) is 64.4 Å². The van der Waals surface area contributed by atoms with Gasteiger partial charge in [0.25, 0.3) is 0 Å². The monoisotopic (exact) mass is 465 g/mol. The molecule has 1 saturated carbocycles. The molecule has 4 atom stereocenters. The molecule has 0 aromatic heterocycles. The Bertz CT molecular complexity index is 939. The minimum atomic E-state index is -0.394. The van der Waals surface area contributed by atoms with E-state index in [2.05, 4.69) is 81.7 Å². The number of aliphatic hydroxyl groups excluding tert-OH is 1. The van der Waals surface area contributed by atoms with Crippen molar-refractivity contribution in [2.45, 2.75) is 88.6 Å². The van der Waals surface area contributed by atoms with Crippen LogP contribution in [0, 0.1) is 11.3 Å². The molecule has 4 rings (SSSR count). The fourth-order valence-corrected chi connectivity index (χ4v) is 7.23. The number of benzene rings is 2. The highest BCUT2D eigenvalue weighted by Crippen LogP contribution is 2.57. The summed E-state index contributed by atoms with van der Waals surface area (Å²) in [6.45, 7) is 11.6. The van der Waals surface area contributed by atoms with Gasteiger partial charge in [-0.25, -0.2) is 0 Å². The third-order valence-electron chi connectivity index (χ3n) is 8.79. The Morgan fingerprint density at radius 3 is 2.48 bits per heavy atom. The van der Waals surface area contributed by atoms with Crippen LogP contribution in [0.4, 0.5) is 0 Å². The van der Waals surface area contributed by atoms with Crippen molar-refractivity contribution >= 4 is 11.8 Å². The lowest BCUT2D eigenvalue weighted by Crippen LogP contribution is -2.52. The highest BCUT2D eigenvalue weighted by molar-refractivity contribution is 7.98. The average Bonchev–Trinajstić information content (AvgIpc) is 2.81. The SMILES string of the molecule is CSc1ccc(C(O)CCNC[C@]2(C)CCC[C@]3(C)c4ccc(C(C)C)cc4CC[C@@H]23)cc1. The predicted molar refractivity (Wildman–Crippen MR) is 142 cm³/mol. The van der Waals surface area contributed by atoms with Gasteiger partial charge < -0.3 is 10.4 Å². The highest BCUT2D eigenvalue weighted by atomic mass is 32.2. The summed E-state index contributed by atoms with van der Waals surface area (Å²) in [6.07, 6.45) is 8.89. The number of aliphatic hydroxyl groups is 1. The van der Waals surface area contributed by atoms with Crippen molar-refractivity contribution in [1.82, 2.24) is 5.32 Å². The van der Waals surface area contributed by atoms with Crippen molar-refractivity contribution in [2.24, 2.45) is 11.3 Å². The Hall–Kier alpha value is -1.29. The lowest BCUT2D eigenvalue weighted by atomic mass is 9.49. The molecule has 3 heteroatoms. The van der Waals surface area contributed by atoms with Crippen LogP contribution in [-0.4, -0.2) is 24.5 Å². The summed E-state index contributed by atoms with van der Waals surface area (Å²) in [5, 5.41) is 14.4. The van der Waals surface area contributed by atoms with Crippen molar-refractivity contribution < 1.29 is 5.11 Å². The third-order valence-corrected chi connectivity index (χ3v) is 9.54. The molecular weight excluding hydrogens is 422 g/mol. The van der Waals surface area contributed by atoms with E-state index in [1.54, 1.807) is 22.9 Å². The topological polar surface area (TPSA) is 32.3 Å². The van der Waals surface area contributed by atoms with E-state index in [9.17, 15) is 5.11 Å². The zero-order valence-electron chi connectivity index (χ0n) is 21.3. The maximum Gasteiger partial charge on any atom is 0.0802 e. The first kappa shape index (κ1) is 24.8. The van der Waals surface area contributed by atoms with Crippen LogP contribution in [0.15, 0.2) is 47.4 Å². The molecule has 2 aliphatic carbocycles. The molecule has 1 unspecified atom stereocenters. The van der Waals surface area contributed by atoms with Crippen molar-refractivity contribution in [3.05, 3.63) is 64.7 Å². The minimum absolute atomic E-state index is 0.288. The maximum atomic E-state index is 10.6. The van der Waals surface area contributed by atoms with E-state index in [1.807, 2.05) is 0 Å². The number of aryl methyl sites for hydroxylation is 1. The van der Waals surface area contributed by atoms with E-state index in [1.165, 1.54) is 42.6 Å². The fraction of sp³-hybridized carbons (Fsp3) is 0.600. The Morgan fingerprint density at radius 1 is 1.06 bits per heavy atom. The first-order valence-corrected chi connectivity index (χ1v) is 14.2. The van der Waals surface area contributed by atoms with Gasteiger partial charge in [0.15, 0.2) is 0 Å². The van der Waals surface area contributed by atoms with Gasteiger partial charge in [-0.05, 0) is 102 Å². The van der Waals surface area contributed by atoms with Gasteiger partial charge in [0.2, 0.25) is 0 Å². The molecule has 0 amide bonds. The molecule has 180 valence electrons. The summed E-state index contributed by atoms with van der Waals surface area (Å²) < 4.78 is 0. The Labute approximate surface area is 206 Å². The molecule has 1 fully saturated rings. The van der Waals surface area contributed by atoms with Crippen molar-refractivity contribution in [3.63, 3.8) is 0 Å². The number of rotatable bonds is 8. The lowest BCUT2D eigenvalue weighted by Gasteiger charge is -2.55. The van der Waals surface area contributed by atoms with Crippen molar-refractivity contribution in [1.29, 1.82) is 0 Å². The Balaban J connectivity index is 1.39. The van der Waals surface area contributed by atoms with Gasteiger partial charge in [0.1, 0.15) is 0 Å². The summed E-state index contributed by atoms with van der Waals surface area (Å²) >= 11 is 1.74. The van der Waals surface area contributed by atoms with Crippen molar-refractivity contribution in [3.8, 4) is 0 Å². The van der Waals surface area contributed by atoms with Crippen LogP contribution in [0.1, 0.15) is 94.1 Å². The Kier molecular flexibility index (Phi) is 7.63. The van der Waals surface area contributed by atoms with Crippen LogP contribution in [0.2, 0.25) is 0 Å². The second kappa shape index (κ2) is 10.1. The molecule has 0 saturated heterocycles. The zero-order valence-corrected chi connectivity index (χ0v) is 22.1. The largest absolute Gasteiger partial charge is 0.388 e. The van der Waals surface area contributed by atoms with E-state index in [-0.39, 0.29) is 5.41 Å². The average molecular weight is 466 g/mol. The first-order valence-electron chi connectivity index (χ1n) is 12.9. The summed E-state index contributed by atoms with van der Waals surface area (Å²) in [5.41, 5.74) is 6.34. The molecule has 0 bridgehead atoms. The molecule has 0 radical (unpaired) electrons. The molecule has 2 nitrogen and oxygen atoms in total. The van der Waals surface area contributed by atoms with E-state index >= 15 is 0 Å². The summed E-state index contributed by atoms with van der Waals surface area (Å²) in [5.74, 6) is 1.31. The second-order valence-electron chi connectivity index (χ2n) is 11.3. The molecule has 2 N–H and O–H groups in total. The molecule has 2 aromatic carbocycles. The van der Waals surface area contributed by atoms with E-state index in [0.29, 0.717) is 17.3 Å². The summed E-state index contributed by atoms with van der Waals surface area (Å²) in [6, 6.07) is 15.7. The van der Waals surface area contributed by atoms with Crippen LogP contribution < -0.4 is 5.32 Å². The quantitative estimate of drug-likeness (QED) is 0.318. The number of hydrogen-bond donors (Lipinski definition) is 2. The van der Waals surface area contributed by atoms with Gasteiger partial charge in [-0.2, -0.15) is 0 Å². The highest BCUT2D eigenvalue weighted by Gasteiger charge is 2.51. The van der Waals surface area contributed by atoms with Crippen molar-refractivity contribution in [2.75, 3.05) is 19.3 Å².